The second-order valence-corrected chi connectivity index (χ2v) is 31.5. The van der Waals surface area contributed by atoms with Crippen molar-refractivity contribution in [3.8, 4) is 23.0 Å². The number of aromatic nitrogens is 12. The van der Waals surface area contributed by atoms with E-state index in [1.54, 1.807) is 105 Å². The van der Waals surface area contributed by atoms with Gasteiger partial charge in [-0.25, -0.2) is 19.9 Å². The summed E-state index contributed by atoms with van der Waals surface area (Å²) >= 11 is 0.500. The fourth-order valence-electron chi connectivity index (χ4n) is 15.9. The molecule has 0 aliphatic rings. The minimum absolute atomic E-state index is 0.00832. The molecule has 8 unspecified atom stereocenters. The average Bonchev–Trinajstić information content (AvgIpc) is 1.62. The summed E-state index contributed by atoms with van der Waals surface area (Å²) in [5.41, 5.74) is 13.0. The molecule has 0 aliphatic carbocycles. The van der Waals surface area contributed by atoms with Gasteiger partial charge in [0.05, 0.1) is 99.3 Å². The standard InChI is InChI=1S/4C23H29N3O4.2CH3FS/c4*1-13-12-20(30-6)17(23(28)25-13)9-10-19(27)21-15(3)26(14(2)16(4)29-5)22-18(21)8-7-11-24-22;2*1-3-2/h4*7-8,11-12,14,16H,9-10H2,1-6H3,(H,25,28);2*1H3. The van der Waals surface area contributed by atoms with E-state index in [1.165, 1.54) is 41.0 Å². The maximum absolute atomic E-state index is 13.3. The molecular weight excluding hydrogens is 1660 g/mol. The van der Waals surface area contributed by atoms with Crippen LogP contribution in [0.25, 0.3) is 44.1 Å². The number of nitrogens with zero attached hydrogens (tertiary/aromatic N) is 8. The first-order valence-electron chi connectivity index (χ1n) is 41.4. The number of nitrogens with one attached hydrogen (secondary N) is 4. The summed E-state index contributed by atoms with van der Waals surface area (Å²) in [5.74, 6) is 1.93. The van der Waals surface area contributed by atoms with Crippen LogP contribution in [0.15, 0.2) is 117 Å². The third-order valence-electron chi connectivity index (χ3n) is 23.2. The highest BCUT2D eigenvalue weighted by Crippen LogP contribution is 2.37. The van der Waals surface area contributed by atoms with Gasteiger partial charge in [-0.2, -0.15) is 7.77 Å². The fraction of sp³-hybridized carbons (Fsp3) is 0.447. The van der Waals surface area contributed by atoms with Gasteiger partial charge in [0.1, 0.15) is 45.6 Å². The number of fused-ring (bicyclic) bond motifs is 4. The van der Waals surface area contributed by atoms with Crippen molar-refractivity contribution in [2.45, 2.75) is 211 Å². The normalized spacial score (nSPS) is 13.0. The number of aryl methyl sites for hydroxylation is 4. The zero-order valence-electron chi connectivity index (χ0n) is 77.2. The summed E-state index contributed by atoms with van der Waals surface area (Å²) < 4.78 is 72.1. The summed E-state index contributed by atoms with van der Waals surface area (Å²) in [4.78, 5) is 132. The maximum Gasteiger partial charge on any atom is 0.255 e. The molecule has 12 heterocycles. The topological polar surface area (TPSA) is 345 Å². The van der Waals surface area contributed by atoms with Crippen molar-refractivity contribution in [2.75, 3.05) is 69.4 Å². The quantitative estimate of drug-likeness (QED) is 0.0285. The Bertz CT molecular complexity index is 5300. The Labute approximate surface area is 742 Å². The van der Waals surface area contributed by atoms with Gasteiger partial charge in [0, 0.05) is 205 Å². The highest BCUT2D eigenvalue weighted by molar-refractivity contribution is 7.93. The van der Waals surface area contributed by atoms with Crippen molar-refractivity contribution >= 4 is 91.6 Å². The lowest BCUT2D eigenvalue weighted by Gasteiger charge is -2.22. The van der Waals surface area contributed by atoms with E-state index >= 15 is 0 Å². The van der Waals surface area contributed by atoms with Crippen LogP contribution in [-0.4, -0.2) is 175 Å². The molecule has 126 heavy (non-hydrogen) atoms. The van der Waals surface area contributed by atoms with Crippen LogP contribution < -0.4 is 41.2 Å². The number of methoxy groups -OCH3 is 8. The molecule has 0 amide bonds. The van der Waals surface area contributed by atoms with Crippen LogP contribution in [0.1, 0.15) is 214 Å². The van der Waals surface area contributed by atoms with Gasteiger partial charge in [-0.3, -0.25) is 38.4 Å². The lowest BCUT2D eigenvalue weighted by Crippen LogP contribution is -2.22. The molecule has 12 rings (SSSR count). The van der Waals surface area contributed by atoms with E-state index in [1.807, 2.05) is 104 Å². The highest BCUT2D eigenvalue weighted by Gasteiger charge is 2.32. The van der Waals surface area contributed by atoms with Crippen LogP contribution in [0.3, 0.4) is 0 Å². The number of hydrogen-bond acceptors (Lipinski definition) is 22. The second-order valence-electron chi connectivity index (χ2n) is 30.9. The number of hydrogen-bond donors (Lipinski definition) is 4. The fourth-order valence-corrected chi connectivity index (χ4v) is 15.9. The maximum atomic E-state index is 13.3. The average molecular weight is 1780 g/mol. The van der Waals surface area contributed by atoms with E-state index in [4.69, 9.17) is 37.9 Å². The monoisotopic (exact) mass is 1780 g/mol. The molecule has 0 aliphatic heterocycles. The number of ether oxygens (including phenoxy) is 8. The third-order valence-corrected chi connectivity index (χ3v) is 23.2. The minimum Gasteiger partial charge on any atom is -0.496 e. The Morgan fingerprint density at radius 3 is 0.675 bits per heavy atom. The number of rotatable bonds is 32. The summed E-state index contributed by atoms with van der Waals surface area (Å²) in [5, 5.41) is 3.28. The molecule has 0 aromatic carbocycles. The van der Waals surface area contributed by atoms with Crippen LogP contribution in [-0.2, 0) is 44.6 Å². The Morgan fingerprint density at radius 2 is 0.516 bits per heavy atom. The molecule has 0 bridgehead atoms. The van der Waals surface area contributed by atoms with Gasteiger partial charge in [-0.05, 0) is 209 Å². The van der Waals surface area contributed by atoms with Gasteiger partial charge in [0.25, 0.3) is 22.2 Å². The molecular formula is C94H122F2N12O16S2. The largest absolute Gasteiger partial charge is 0.496 e. The van der Waals surface area contributed by atoms with Gasteiger partial charge in [-0.1, -0.05) is 0 Å². The molecule has 12 aromatic rings. The Kier molecular flexibility index (Phi) is 38.4. The SMILES string of the molecule is COc1cc(C)[nH]c(=O)c1CCC(=O)c1c(C)n(C(C)C(C)OC)c2ncccc12.COc1cc(C)[nH]c(=O)c1CCC(=O)c1c(C)n(C(C)C(C)OC)c2ncccc12.COc1cc(C)[nH]c(=O)c1CCC(=O)c1c(C)n(C(C)C(C)OC)c2ncccc12.COc1cc(C)[nH]c(=O)c1CCC(=O)c1c(C)n(C(C)C(C)OC)c2ncccc12.CSF.CSF. The van der Waals surface area contributed by atoms with Crippen molar-refractivity contribution in [2.24, 2.45) is 0 Å². The van der Waals surface area contributed by atoms with E-state index in [9.17, 15) is 46.1 Å². The van der Waals surface area contributed by atoms with E-state index in [0.29, 0.717) is 93.2 Å². The number of Topliss-reactive ketones (excluding diaryl/α,β-unsaturated/α-hetero) is 4. The number of aromatic amines is 4. The Hall–Kier alpha value is -11.2. The lowest BCUT2D eigenvalue weighted by atomic mass is 10.0. The number of ketones is 4. The molecule has 12 aromatic heterocycles. The van der Waals surface area contributed by atoms with Crippen molar-refractivity contribution in [1.29, 1.82) is 0 Å². The van der Waals surface area contributed by atoms with Crippen molar-refractivity contribution in [3.63, 3.8) is 0 Å². The zero-order valence-corrected chi connectivity index (χ0v) is 78.8. The Balaban J connectivity index is 0.000000225. The number of H-pyrrole nitrogens is 4. The molecule has 28 nitrogen and oxygen atoms in total. The van der Waals surface area contributed by atoms with Gasteiger partial charge in [-0.15, -0.1) is 0 Å². The van der Waals surface area contributed by atoms with Crippen molar-refractivity contribution in [1.82, 2.24) is 58.1 Å². The molecule has 4 N–H and O–H groups in total. The van der Waals surface area contributed by atoms with E-state index in [0.717, 1.165) is 89.7 Å². The van der Waals surface area contributed by atoms with E-state index in [2.05, 4.69) is 85.8 Å². The summed E-state index contributed by atoms with van der Waals surface area (Å²) in [7, 11) is 12.8. The van der Waals surface area contributed by atoms with Crippen LogP contribution in [0.5, 0.6) is 23.0 Å². The molecule has 680 valence electrons. The van der Waals surface area contributed by atoms with Gasteiger partial charge in [0.15, 0.2) is 23.1 Å². The summed E-state index contributed by atoms with van der Waals surface area (Å²) in [6.07, 6.45) is 11.5. The number of carbonyl (C=O) groups is 4. The molecule has 0 saturated heterocycles. The summed E-state index contributed by atoms with van der Waals surface area (Å²) in [6, 6.07) is 22.1. The zero-order chi connectivity index (χ0) is 93.4. The molecule has 0 spiro atoms. The molecule has 0 fully saturated rings. The number of carbonyl (C=O) groups excluding carboxylic acids is 4. The van der Waals surface area contributed by atoms with Gasteiger partial charge in [0.2, 0.25) is 0 Å². The van der Waals surface area contributed by atoms with E-state index in [-0.39, 0.29) is 144 Å². The van der Waals surface area contributed by atoms with Crippen LogP contribution in [0.4, 0.5) is 7.77 Å². The molecule has 8 atom stereocenters. The van der Waals surface area contributed by atoms with Crippen molar-refractivity contribution < 1.29 is 64.8 Å². The molecule has 0 saturated carbocycles. The minimum atomic E-state index is -0.219. The summed E-state index contributed by atoms with van der Waals surface area (Å²) in [6.45, 7) is 31.2. The van der Waals surface area contributed by atoms with E-state index < -0.39 is 0 Å². The second kappa shape index (κ2) is 47.4. The lowest BCUT2D eigenvalue weighted by molar-refractivity contribution is 0.0782. The number of pyridine rings is 8. The molecule has 0 radical (unpaired) electrons. The smallest absolute Gasteiger partial charge is 0.255 e. The molecule has 32 heteroatoms. The number of halogens is 2. The van der Waals surface area contributed by atoms with Gasteiger partial charge >= 0.3 is 0 Å². The first kappa shape index (κ1) is 102. The predicted octanol–water partition coefficient (Wildman–Crippen LogP) is 17.5. The first-order chi connectivity index (χ1) is 60.0. The van der Waals surface area contributed by atoms with Crippen LogP contribution in [0.2, 0.25) is 0 Å². The third kappa shape index (κ3) is 23.5. The highest BCUT2D eigenvalue weighted by atomic mass is 32.2. The predicted molar refractivity (Wildman–Crippen MR) is 496 cm³/mol. The van der Waals surface area contributed by atoms with Crippen molar-refractivity contribution in [3.05, 3.63) is 229 Å². The van der Waals surface area contributed by atoms with Crippen LogP contribution >= 0.6 is 24.3 Å². The van der Waals surface area contributed by atoms with Gasteiger partial charge < -0.3 is 76.1 Å². The van der Waals surface area contributed by atoms with Crippen LogP contribution in [0, 0.1) is 55.4 Å². The first-order valence-corrected chi connectivity index (χ1v) is 43.7. The Morgan fingerprint density at radius 1 is 0.341 bits per heavy atom.